The summed E-state index contributed by atoms with van der Waals surface area (Å²) in [7, 11) is -4.17. The molecule has 0 unspecified atom stereocenters. The van der Waals surface area contributed by atoms with Crippen molar-refractivity contribution in [3.63, 3.8) is 0 Å². The fraction of sp³-hybridized carbons (Fsp3) is 0. The van der Waals surface area contributed by atoms with Gasteiger partial charge >= 0.3 is 35.0 Å². The summed E-state index contributed by atoms with van der Waals surface area (Å²) in [6.45, 7) is 0. The Balaban J connectivity index is 0.00000336. The lowest BCUT2D eigenvalue weighted by atomic mass is 10.1. The highest BCUT2D eigenvalue weighted by molar-refractivity contribution is 8.46. The first kappa shape index (κ1) is 27.2. The number of carbonyl (C=O) groups is 2. The van der Waals surface area contributed by atoms with Gasteiger partial charge in [0.1, 0.15) is 0 Å². The SMILES string of the molecule is O=C(O)c1cccc(C(=O)O[SH](c2ccccc2)(c2ccccc2)(c2ccccc2)c2ccccc2)c1.[MgH2]. The first-order valence-corrected chi connectivity index (χ1v) is 14.0. The minimum Gasteiger partial charge on any atom is -0.478 e. The second kappa shape index (κ2) is 11.3. The van der Waals surface area contributed by atoms with Gasteiger partial charge in [-0.2, -0.15) is 0 Å². The molecular formula is C32H28MgO4S. The van der Waals surface area contributed by atoms with Crippen LogP contribution in [0.2, 0.25) is 0 Å². The predicted octanol–water partition coefficient (Wildman–Crippen LogP) is 6.85. The van der Waals surface area contributed by atoms with E-state index in [0.717, 1.165) is 19.6 Å². The molecule has 0 aromatic heterocycles. The third-order valence-corrected chi connectivity index (χ3v) is 12.3. The van der Waals surface area contributed by atoms with Gasteiger partial charge in [0.25, 0.3) is 0 Å². The van der Waals surface area contributed by atoms with Crippen LogP contribution >= 0.6 is 9.44 Å². The zero-order valence-electron chi connectivity index (χ0n) is 20.0. The Kier molecular flexibility index (Phi) is 8.07. The molecule has 0 radical (unpaired) electrons. The van der Waals surface area contributed by atoms with Crippen LogP contribution in [-0.2, 0) is 4.18 Å². The Hall–Kier alpha value is -3.84. The maximum absolute atomic E-state index is 14.2. The van der Waals surface area contributed by atoms with Gasteiger partial charge in [-0.25, -0.2) is 9.59 Å². The Bertz CT molecular complexity index is 1370. The monoisotopic (exact) mass is 532 g/mol. The zero-order valence-corrected chi connectivity index (χ0v) is 20.9. The van der Waals surface area contributed by atoms with E-state index in [9.17, 15) is 14.7 Å². The van der Waals surface area contributed by atoms with Crippen LogP contribution < -0.4 is 0 Å². The quantitative estimate of drug-likeness (QED) is 0.178. The van der Waals surface area contributed by atoms with E-state index in [1.54, 1.807) is 12.1 Å². The van der Waals surface area contributed by atoms with Gasteiger partial charge in [0.2, 0.25) is 0 Å². The van der Waals surface area contributed by atoms with Crippen LogP contribution in [0.5, 0.6) is 0 Å². The molecule has 0 fully saturated rings. The second-order valence-corrected chi connectivity index (χ2v) is 13.0. The van der Waals surface area contributed by atoms with Crippen molar-refractivity contribution in [2.75, 3.05) is 0 Å². The maximum atomic E-state index is 14.2. The van der Waals surface area contributed by atoms with Crippen molar-refractivity contribution in [2.24, 2.45) is 0 Å². The number of hydrogen-bond donors (Lipinski definition) is 2. The molecule has 0 saturated carbocycles. The van der Waals surface area contributed by atoms with Crippen molar-refractivity contribution >= 4 is 44.4 Å². The highest BCUT2D eigenvalue weighted by atomic mass is 32.3. The van der Waals surface area contributed by atoms with Gasteiger partial charge in [-0.3, -0.25) is 0 Å². The molecule has 0 spiro atoms. The highest BCUT2D eigenvalue weighted by Gasteiger charge is 2.51. The van der Waals surface area contributed by atoms with Crippen LogP contribution in [-0.4, -0.2) is 40.1 Å². The molecule has 5 rings (SSSR count). The summed E-state index contributed by atoms with van der Waals surface area (Å²) in [6, 6.07) is 45.4. The number of carbonyl (C=O) groups excluding carboxylic acids is 1. The van der Waals surface area contributed by atoms with Crippen molar-refractivity contribution in [3.05, 3.63) is 157 Å². The summed E-state index contributed by atoms with van der Waals surface area (Å²) in [5.41, 5.74) is 0.196. The fourth-order valence-corrected chi connectivity index (χ4v) is 10.6. The molecule has 0 bridgehead atoms. The third kappa shape index (κ3) is 4.41. The van der Waals surface area contributed by atoms with E-state index in [1.807, 2.05) is 121 Å². The number of aromatic carboxylic acids is 1. The molecule has 6 heteroatoms. The minimum absolute atomic E-state index is 0. The highest BCUT2D eigenvalue weighted by Crippen LogP contribution is 2.90. The molecule has 5 aromatic carbocycles. The van der Waals surface area contributed by atoms with Gasteiger partial charge in [-0.15, -0.1) is 0 Å². The summed E-state index contributed by atoms with van der Waals surface area (Å²) >= 11 is 0. The Morgan fingerprint density at radius 2 is 0.842 bits per heavy atom. The van der Waals surface area contributed by atoms with Gasteiger partial charge < -0.3 is 9.29 Å². The Morgan fingerprint density at radius 3 is 1.18 bits per heavy atom. The third-order valence-electron chi connectivity index (χ3n) is 6.61. The van der Waals surface area contributed by atoms with E-state index in [4.69, 9.17) is 4.18 Å². The Morgan fingerprint density at radius 1 is 0.500 bits per heavy atom. The maximum Gasteiger partial charge on any atom is 0.348 e. The van der Waals surface area contributed by atoms with E-state index >= 15 is 0 Å². The minimum atomic E-state index is -4.17. The number of rotatable bonds is 7. The zero-order chi connectivity index (χ0) is 25.7. The lowest BCUT2D eigenvalue weighted by Crippen LogP contribution is -2.27. The molecule has 0 aliphatic carbocycles. The number of carboxylic acid groups (broad SMARTS) is 1. The summed E-state index contributed by atoms with van der Waals surface area (Å²) in [4.78, 5) is 29.3. The van der Waals surface area contributed by atoms with Gasteiger partial charge in [0, 0.05) is 19.6 Å². The van der Waals surface area contributed by atoms with Crippen molar-refractivity contribution in [1.82, 2.24) is 0 Å². The molecule has 0 aliphatic heterocycles. The summed E-state index contributed by atoms with van der Waals surface area (Å²) < 4.78 is 6.99. The number of hydrogen-bond acceptors (Lipinski definition) is 3. The van der Waals surface area contributed by atoms with E-state index in [0.29, 0.717) is 0 Å². The largest absolute Gasteiger partial charge is 0.478 e. The standard InChI is InChI=1S/C32H26O4S.Mg.2H/c33-31(34)25-14-13-15-26(24-25)32(35)36-37(27-16-5-1-6-17-27,28-18-7-2-8-19-28,29-20-9-3-10-21-29)30-22-11-4-12-23-30;;;/h1-24,37H,(H,33,34);;;. The van der Waals surface area contributed by atoms with Crippen LogP contribution in [0.3, 0.4) is 0 Å². The van der Waals surface area contributed by atoms with Crippen LogP contribution in [0.25, 0.3) is 0 Å². The molecule has 38 heavy (non-hydrogen) atoms. The number of thiol groups is 1. The summed E-state index contributed by atoms with van der Waals surface area (Å²) in [5, 5.41) is 9.54. The molecule has 188 valence electrons. The van der Waals surface area contributed by atoms with E-state index in [2.05, 4.69) is 0 Å². The topological polar surface area (TPSA) is 63.6 Å². The van der Waals surface area contributed by atoms with Crippen molar-refractivity contribution in [3.8, 4) is 0 Å². The van der Waals surface area contributed by atoms with E-state index < -0.39 is 21.4 Å². The first-order valence-electron chi connectivity index (χ1n) is 11.9. The van der Waals surface area contributed by atoms with E-state index in [-0.39, 0.29) is 34.2 Å². The molecular weight excluding hydrogens is 505 g/mol. The van der Waals surface area contributed by atoms with Crippen molar-refractivity contribution < 1.29 is 18.9 Å². The molecule has 0 atom stereocenters. The molecule has 0 aliphatic rings. The summed E-state index contributed by atoms with van der Waals surface area (Å²) in [5.74, 6) is -1.70. The average molecular weight is 533 g/mol. The first-order chi connectivity index (χ1) is 18.1. The molecule has 5 aromatic rings. The lowest BCUT2D eigenvalue weighted by molar-refractivity contribution is 0.0697. The van der Waals surface area contributed by atoms with Crippen LogP contribution in [0.1, 0.15) is 20.7 Å². The summed E-state index contributed by atoms with van der Waals surface area (Å²) in [6.07, 6.45) is 0. The second-order valence-electron chi connectivity index (χ2n) is 8.64. The van der Waals surface area contributed by atoms with E-state index in [1.165, 1.54) is 12.1 Å². The smallest absolute Gasteiger partial charge is 0.348 e. The van der Waals surface area contributed by atoms with Crippen molar-refractivity contribution in [1.29, 1.82) is 0 Å². The lowest BCUT2D eigenvalue weighted by Gasteiger charge is -2.62. The molecule has 1 N–H and O–H groups in total. The predicted molar refractivity (Wildman–Crippen MR) is 155 cm³/mol. The molecule has 0 heterocycles. The van der Waals surface area contributed by atoms with Gasteiger partial charge in [0.05, 0.1) is 11.1 Å². The molecule has 0 saturated heterocycles. The van der Waals surface area contributed by atoms with Crippen molar-refractivity contribution in [2.45, 2.75) is 19.6 Å². The van der Waals surface area contributed by atoms with Gasteiger partial charge in [0.15, 0.2) is 0 Å². The average Bonchev–Trinajstić information content (AvgIpc) is 2.98. The number of carboxylic acids is 1. The fourth-order valence-electron chi connectivity index (χ4n) is 4.95. The van der Waals surface area contributed by atoms with Crippen LogP contribution in [0, 0.1) is 0 Å². The van der Waals surface area contributed by atoms with Crippen LogP contribution in [0.4, 0.5) is 0 Å². The number of benzene rings is 5. The van der Waals surface area contributed by atoms with Crippen LogP contribution in [0.15, 0.2) is 165 Å². The van der Waals surface area contributed by atoms with Gasteiger partial charge in [-0.05, 0) is 66.7 Å². The van der Waals surface area contributed by atoms with Gasteiger partial charge in [-0.1, -0.05) is 88.3 Å². The molecule has 4 nitrogen and oxygen atoms in total. The normalized spacial score (nSPS) is 11.8. The Labute approximate surface area is 238 Å². The molecule has 0 amide bonds.